The van der Waals surface area contributed by atoms with Crippen molar-refractivity contribution in [1.82, 2.24) is 5.32 Å². The summed E-state index contributed by atoms with van der Waals surface area (Å²) in [5.41, 5.74) is 0. The van der Waals surface area contributed by atoms with Gasteiger partial charge >= 0.3 is 0 Å². The van der Waals surface area contributed by atoms with Crippen LogP contribution < -0.4 is 5.32 Å². The standard InChI is InChI=1S/C11H23NO/c1-3-4-5-6-7-10(2)12-11-8-13-9-11/h10-12H,3-9H2,1-2H3. The third-order valence-corrected chi connectivity index (χ3v) is 2.65. The molecule has 1 N–H and O–H groups in total. The highest BCUT2D eigenvalue weighted by Crippen LogP contribution is 2.08. The van der Waals surface area contributed by atoms with Crippen LogP contribution in [0.4, 0.5) is 0 Å². The number of hydrogen-bond donors (Lipinski definition) is 1. The first-order valence-corrected chi connectivity index (χ1v) is 5.66. The lowest BCUT2D eigenvalue weighted by atomic mass is 10.1. The number of nitrogens with one attached hydrogen (secondary N) is 1. The van der Waals surface area contributed by atoms with Gasteiger partial charge in [0.25, 0.3) is 0 Å². The molecule has 1 unspecified atom stereocenters. The summed E-state index contributed by atoms with van der Waals surface area (Å²) in [6.45, 7) is 6.37. The molecule has 2 heteroatoms. The van der Waals surface area contributed by atoms with E-state index in [-0.39, 0.29) is 0 Å². The smallest absolute Gasteiger partial charge is 0.0643 e. The molecule has 0 aromatic carbocycles. The zero-order chi connectivity index (χ0) is 9.52. The quantitative estimate of drug-likeness (QED) is 0.615. The monoisotopic (exact) mass is 185 g/mol. The van der Waals surface area contributed by atoms with Crippen LogP contribution in [0.15, 0.2) is 0 Å². The lowest BCUT2D eigenvalue weighted by molar-refractivity contribution is -0.00958. The van der Waals surface area contributed by atoms with E-state index in [0.29, 0.717) is 12.1 Å². The van der Waals surface area contributed by atoms with Gasteiger partial charge in [0.1, 0.15) is 0 Å². The molecule has 0 bridgehead atoms. The molecule has 1 saturated heterocycles. The molecule has 0 radical (unpaired) electrons. The van der Waals surface area contributed by atoms with Crippen LogP contribution in [0.3, 0.4) is 0 Å². The van der Waals surface area contributed by atoms with E-state index in [1.54, 1.807) is 0 Å². The maximum absolute atomic E-state index is 5.12. The lowest BCUT2D eigenvalue weighted by Gasteiger charge is -2.30. The summed E-state index contributed by atoms with van der Waals surface area (Å²) >= 11 is 0. The summed E-state index contributed by atoms with van der Waals surface area (Å²) in [5.74, 6) is 0. The van der Waals surface area contributed by atoms with Gasteiger partial charge < -0.3 is 10.1 Å². The normalized spacial score (nSPS) is 19.8. The minimum absolute atomic E-state index is 0.640. The molecule has 1 heterocycles. The Morgan fingerprint density at radius 2 is 2.08 bits per heavy atom. The average Bonchev–Trinajstić information content (AvgIpc) is 2.06. The topological polar surface area (TPSA) is 21.3 Å². The van der Waals surface area contributed by atoms with Crippen molar-refractivity contribution in [1.29, 1.82) is 0 Å². The van der Waals surface area contributed by atoms with Crippen LogP contribution in [0, 0.1) is 0 Å². The van der Waals surface area contributed by atoms with Gasteiger partial charge in [0, 0.05) is 6.04 Å². The Hall–Kier alpha value is -0.0800. The Morgan fingerprint density at radius 3 is 2.62 bits per heavy atom. The van der Waals surface area contributed by atoms with Crippen molar-refractivity contribution in [2.24, 2.45) is 0 Å². The van der Waals surface area contributed by atoms with E-state index in [1.807, 2.05) is 0 Å². The molecule has 1 aliphatic rings. The Labute approximate surface area is 82.0 Å². The minimum Gasteiger partial charge on any atom is -0.378 e. The van der Waals surface area contributed by atoms with Crippen LogP contribution in [0.5, 0.6) is 0 Å². The molecule has 0 aromatic heterocycles. The van der Waals surface area contributed by atoms with Gasteiger partial charge in [-0.3, -0.25) is 0 Å². The highest BCUT2D eigenvalue weighted by molar-refractivity contribution is 4.76. The molecule has 0 aromatic rings. The predicted molar refractivity (Wildman–Crippen MR) is 56.0 cm³/mol. The molecule has 1 atom stereocenters. The van der Waals surface area contributed by atoms with Crippen molar-refractivity contribution in [2.45, 2.75) is 58.0 Å². The number of hydrogen-bond acceptors (Lipinski definition) is 2. The van der Waals surface area contributed by atoms with Crippen molar-refractivity contribution >= 4 is 0 Å². The fourth-order valence-corrected chi connectivity index (χ4v) is 1.69. The fourth-order valence-electron chi connectivity index (χ4n) is 1.69. The van der Waals surface area contributed by atoms with E-state index in [4.69, 9.17) is 4.74 Å². The highest BCUT2D eigenvalue weighted by Gasteiger charge is 2.19. The highest BCUT2D eigenvalue weighted by atomic mass is 16.5. The van der Waals surface area contributed by atoms with E-state index in [1.165, 1.54) is 32.1 Å². The van der Waals surface area contributed by atoms with Gasteiger partial charge in [-0.25, -0.2) is 0 Å². The minimum atomic E-state index is 0.640. The van der Waals surface area contributed by atoms with Gasteiger partial charge in [-0.1, -0.05) is 32.6 Å². The first kappa shape index (κ1) is 11.0. The first-order chi connectivity index (χ1) is 6.33. The van der Waals surface area contributed by atoms with Crippen molar-refractivity contribution in [3.8, 4) is 0 Å². The Bertz CT molecular complexity index is 123. The van der Waals surface area contributed by atoms with Crippen molar-refractivity contribution in [3.63, 3.8) is 0 Å². The van der Waals surface area contributed by atoms with E-state index in [2.05, 4.69) is 19.2 Å². The maximum Gasteiger partial charge on any atom is 0.0643 e. The molecular weight excluding hydrogens is 162 g/mol. The summed E-state index contributed by atoms with van der Waals surface area (Å²) in [6, 6.07) is 1.31. The van der Waals surface area contributed by atoms with Gasteiger partial charge in [0.05, 0.1) is 19.3 Å². The van der Waals surface area contributed by atoms with Crippen LogP contribution in [-0.4, -0.2) is 25.3 Å². The van der Waals surface area contributed by atoms with Crippen LogP contribution in [-0.2, 0) is 4.74 Å². The Balaban J connectivity index is 1.87. The molecule has 1 rings (SSSR count). The summed E-state index contributed by atoms with van der Waals surface area (Å²) in [4.78, 5) is 0. The molecule has 13 heavy (non-hydrogen) atoms. The second-order valence-electron chi connectivity index (χ2n) is 4.15. The molecule has 0 saturated carbocycles. The molecular formula is C11H23NO. The SMILES string of the molecule is CCCCCCC(C)NC1COC1. The predicted octanol–water partition coefficient (Wildman–Crippen LogP) is 2.33. The average molecular weight is 185 g/mol. The number of ether oxygens (including phenoxy) is 1. The summed E-state index contributed by atoms with van der Waals surface area (Å²) in [6.07, 6.45) is 6.80. The summed E-state index contributed by atoms with van der Waals surface area (Å²) in [7, 11) is 0. The second-order valence-corrected chi connectivity index (χ2v) is 4.15. The van der Waals surface area contributed by atoms with Gasteiger partial charge in [-0.2, -0.15) is 0 Å². The van der Waals surface area contributed by atoms with Gasteiger partial charge in [-0.05, 0) is 13.3 Å². The summed E-state index contributed by atoms with van der Waals surface area (Å²) in [5, 5.41) is 3.57. The van der Waals surface area contributed by atoms with Crippen molar-refractivity contribution in [2.75, 3.05) is 13.2 Å². The third-order valence-electron chi connectivity index (χ3n) is 2.65. The van der Waals surface area contributed by atoms with Crippen LogP contribution >= 0.6 is 0 Å². The van der Waals surface area contributed by atoms with E-state index >= 15 is 0 Å². The number of rotatable bonds is 7. The lowest BCUT2D eigenvalue weighted by Crippen LogP contribution is -2.49. The third kappa shape index (κ3) is 4.63. The fraction of sp³-hybridized carbons (Fsp3) is 1.00. The van der Waals surface area contributed by atoms with Crippen LogP contribution in [0.1, 0.15) is 46.0 Å². The molecule has 0 amide bonds. The molecule has 1 fully saturated rings. The van der Waals surface area contributed by atoms with Crippen molar-refractivity contribution in [3.05, 3.63) is 0 Å². The Morgan fingerprint density at radius 1 is 1.31 bits per heavy atom. The number of unbranched alkanes of at least 4 members (excludes halogenated alkanes) is 3. The largest absolute Gasteiger partial charge is 0.378 e. The maximum atomic E-state index is 5.12. The molecule has 1 aliphatic heterocycles. The van der Waals surface area contributed by atoms with Gasteiger partial charge in [0.15, 0.2) is 0 Å². The van der Waals surface area contributed by atoms with E-state index in [0.717, 1.165) is 13.2 Å². The van der Waals surface area contributed by atoms with Crippen molar-refractivity contribution < 1.29 is 4.74 Å². The first-order valence-electron chi connectivity index (χ1n) is 5.66. The zero-order valence-electron chi connectivity index (χ0n) is 9.01. The Kier molecular flexibility index (Phi) is 5.40. The summed E-state index contributed by atoms with van der Waals surface area (Å²) < 4.78 is 5.12. The second kappa shape index (κ2) is 6.39. The van der Waals surface area contributed by atoms with Crippen LogP contribution in [0.2, 0.25) is 0 Å². The molecule has 78 valence electrons. The molecule has 0 spiro atoms. The van der Waals surface area contributed by atoms with E-state index < -0.39 is 0 Å². The van der Waals surface area contributed by atoms with E-state index in [9.17, 15) is 0 Å². The van der Waals surface area contributed by atoms with Gasteiger partial charge in [-0.15, -0.1) is 0 Å². The molecule has 2 nitrogen and oxygen atoms in total. The van der Waals surface area contributed by atoms with Crippen LogP contribution in [0.25, 0.3) is 0 Å². The molecule has 0 aliphatic carbocycles. The zero-order valence-corrected chi connectivity index (χ0v) is 9.01. The van der Waals surface area contributed by atoms with Gasteiger partial charge in [0.2, 0.25) is 0 Å².